The van der Waals surface area contributed by atoms with Gasteiger partial charge in [-0.25, -0.2) is 15.0 Å². The van der Waals surface area contributed by atoms with Gasteiger partial charge < -0.3 is 10.4 Å². The van der Waals surface area contributed by atoms with Crippen molar-refractivity contribution in [1.82, 2.24) is 15.0 Å². The van der Waals surface area contributed by atoms with E-state index in [2.05, 4.69) is 36.2 Å². The van der Waals surface area contributed by atoms with E-state index in [9.17, 15) is 5.11 Å². The molecule has 0 aromatic carbocycles. The Kier molecular flexibility index (Phi) is 3.34. The molecule has 0 aliphatic heterocycles. The van der Waals surface area contributed by atoms with E-state index >= 15 is 0 Å². The monoisotopic (exact) mass is 338 g/mol. The number of hydrogen-bond donors (Lipinski definition) is 2. The second-order valence-electron chi connectivity index (χ2n) is 4.24. The van der Waals surface area contributed by atoms with Crippen molar-refractivity contribution in [3.8, 4) is 0 Å². The Labute approximate surface area is 121 Å². The van der Waals surface area contributed by atoms with Gasteiger partial charge in [-0.3, -0.25) is 0 Å². The van der Waals surface area contributed by atoms with Crippen molar-refractivity contribution in [3.63, 3.8) is 0 Å². The van der Waals surface area contributed by atoms with Crippen molar-refractivity contribution >= 4 is 53.5 Å². The first-order chi connectivity index (χ1) is 9.15. The second-order valence-corrected chi connectivity index (χ2v) is 6.15. The molecule has 0 amide bonds. The Morgan fingerprint density at radius 1 is 1.42 bits per heavy atom. The van der Waals surface area contributed by atoms with Crippen molar-refractivity contribution in [3.05, 3.63) is 23.1 Å². The highest BCUT2D eigenvalue weighted by atomic mass is 79.9. The maximum absolute atomic E-state index is 9.34. The lowest BCUT2D eigenvalue weighted by atomic mass is 10.3. The van der Waals surface area contributed by atoms with Gasteiger partial charge >= 0.3 is 0 Å². The quantitative estimate of drug-likeness (QED) is 0.768. The summed E-state index contributed by atoms with van der Waals surface area (Å²) in [6.45, 7) is 2.19. The summed E-state index contributed by atoms with van der Waals surface area (Å²) in [5.74, 6) is 0.741. The van der Waals surface area contributed by atoms with E-state index in [0.29, 0.717) is 6.54 Å². The van der Waals surface area contributed by atoms with Crippen LogP contribution >= 0.6 is 27.3 Å². The number of fused-ring (bicyclic) bond motifs is 3. The van der Waals surface area contributed by atoms with Crippen molar-refractivity contribution < 1.29 is 5.11 Å². The number of nitrogens with zero attached hydrogens (tertiary/aromatic N) is 3. The lowest BCUT2D eigenvalue weighted by Crippen LogP contribution is -2.16. The molecule has 0 aliphatic rings. The second kappa shape index (κ2) is 4.99. The fraction of sp³-hybridized carbons (Fsp3) is 0.250. The van der Waals surface area contributed by atoms with Gasteiger partial charge in [-0.1, -0.05) is 0 Å². The van der Waals surface area contributed by atoms with Crippen LogP contribution < -0.4 is 5.32 Å². The van der Waals surface area contributed by atoms with Gasteiger partial charge in [0, 0.05) is 22.6 Å². The highest BCUT2D eigenvalue weighted by Crippen LogP contribution is 2.35. The van der Waals surface area contributed by atoms with Crippen LogP contribution in [0.2, 0.25) is 0 Å². The Morgan fingerprint density at radius 2 is 2.26 bits per heavy atom. The summed E-state index contributed by atoms with van der Waals surface area (Å²) in [4.78, 5) is 13.9. The molecule has 98 valence electrons. The van der Waals surface area contributed by atoms with Gasteiger partial charge in [-0.05, 0) is 28.9 Å². The van der Waals surface area contributed by atoms with Gasteiger partial charge in [0.2, 0.25) is 0 Å². The lowest BCUT2D eigenvalue weighted by Gasteiger charge is -2.07. The molecule has 5 nitrogen and oxygen atoms in total. The fourth-order valence-corrected chi connectivity index (χ4v) is 3.18. The number of hydrogen-bond acceptors (Lipinski definition) is 6. The summed E-state index contributed by atoms with van der Waals surface area (Å²) >= 11 is 4.97. The highest BCUT2D eigenvalue weighted by molar-refractivity contribution is 9.10. The minimum absolute atomic E-state index is 0.424. The van der Waals surface area contributed by atoms with E-state index in [4.69, 9.17) is 0 Å². The van der Waals surface area contributed by atoms with Crippen LogP contribution in [-0.2, 0) is 0 Å². The summed E-state index contributed by atoms with van der Waals surface area (Å²) in [6.07, 6.45) is 2.88. The molecule has 0 radical (unpaired) electrons. The van der Waals surface area contributed by atoms with E-state index < -0.39 is 6.10 Å². The van der Waals surface area contributed by atoms with E-state index in [-0.39, 0.29) is 0 Å². The van der Waals surface area contributed by atoms with E-state index in [1.807, 2.05) is 6.07 Å². The molecule has 0 saturated carbocycles. The molecule has 0 fully saturated rings. The van der Waals surface area contributed by atoms with Crippen LogP contribution in [0.15, 0.2) is 23.1 Å². The number of rotatable bonds is 3. The SMILES string of the molecule is CC(O)CNc1ncnc2c1sc1ncc(Br)cc12. The van der Waals surface area contributed by atoms with Gasteiger partial charge in [0.25, 0.3) is 0 Å². The Bertz CT molecular complexity index is 743. The molecular weight excluding hydrogens is 328 g/mol. The number of aromatic nitrogens is 3. The van der Waals surface area contributed by atoms with Gasteiger partial charge in [0.1, 0.15) is 17.0 Å². The zero-order valence-corrected chi connectivity index (χ0v) is 12.5. The topological polar surface area (TPSA) is 70.9 Å². The maximum atomic E-state index is 9.34. The molecule has 0 saturated heterocycles. The normalized spacial score (nSPS) is 13.0. The van der Waals surface area contributed by atoms with Crippen LogP contribution in [0.4, 0.5) is 5.82 Å². The minimum atomic E-state index is -0.424. The molecular formula is C12H11BrN4OS. The zero-order valence-electron chi connectivity index (χ0n) is 10.1. The molecule has 3 aromatic heterocycles. The fourth-order valence-electron chi connectivity index (χ4n) is 1.81. The third-order valence-corrected chi connectivity index (χ3v) is 4.18. The van der Waals surface area contributed by atoms with Crippen LogP contribution in [0.5, 0.6) is 0 Å². The minimum Gasteiger partial charge on any atom is -0.392 e. The number of aliphatic hydroxyl groups excluding tert-OH is 1. The first kappa shape index (κ1) is 12.7. The van der Waals surface area contributed by atoms with Crippen LogP contribution in [0.3, 0.4) is 0 Å². The first-order valence-electron chi connectivity index (χ1n) is 5.76. The van der Waals surface area contributed by atoms with E-state index in [1.54, 1.807) is 24.5 Å². The van der Waals surface area contributed by atoms with Crippen molar-refractivity contribution in [1.29, 1.82) is 0 Å². The number of nitrogens with one attached hydrogen (secondary N) is 1. The zero-order chi connectivity index (χ0) is 13.4. The van der Waals surface area contributed by atoms with Crippen LogP contribution in [-0.4, -0.2) is 32.7 Å². The third kappa shape index (κ3) is 2.41. The standard InChI is InChI=1S/C12H11BrN4OS/c1-6(18)3-14-11-10-9(16-5-17-11)8-2-7(13)4-15-12(8)19-10/h2,4-6,18H,3H2,1H3,(H,14,16,17). The molecule has 19 heavy (non-hydrogen) atoms. The van der Waals surface area contributed by atoms with Crippen molar-refractivity contribution in [2.75, 3.05) is 11.9 Å². The summed E-state index contributed by atoms with van der Waals surface area (Å²) in [5.41, 5.74) is 0.886. The molecule has 7 heteroatoms. The Hall–Kier alpha value is -1.31. The third-order valence-electron chi connectivity index (χ3n) is 2.64. The number of thiophene rings is 1. The molecule has 0 spiro atoms. The number of halogens is 1. The summed E-state index contributed by atoms with van der Waals surface area (Å²) in [5, 5.41) is 13.5. The average Bonchev–Trinajstić information content (AvgIpc) is 2.75. The molecule has 1 atom stereocenters. The lowest BCUT2D eigenvalue weighted by molar-refractivity contribution is 0.208. The first-order valence-corrected chi connectivity index (χ1v) is 7.37. The van der Waals surface area contributed by atoms with Crippen LogP contribution in [0.1, 0.15) is 6.92 Å². The predicted octanol–water partition coefficient (Wildman–Crippen LogP) is 2.79. The molecule has 1 unspecified atom stereocenters. The summed E-state index contributed by atoms with van der Waals surface area (Å²) < 4.78 is 1.89. The maximum Gasteiger partial charge on any atom is 0.147 e. The number of aliphatic hydroxyl groups is 1. The Balaban J connectivity index is 2.17. The highest BCUT2D eigenvalue weighted by Gasteiger charge is 2.12. The van der Waals surface area contributed by atoms with Crippen molar-refractivity contribution in [2.24, 2.45) is 0 Å². The molecule has 2 N–H and O–H groups in total. The molecule has 0 aliphatic carbocycles. The van der Waals surface area contributed by atoms with Gasteiger partial charge in [-0.2, -0.15) is 0 Å². The molecule has 0 bridgehead atoms. The van der Waals surface area contributed by atoms with Crippen molar-refractivity contribution in [2.45, 2.75) is 13.0 Å². The Morgan fingerprint density at radius 3 is 3.05 bits per heavy atom. The van der Waals surface area contributed by atoms with Gasteiger partial charge in [0.15, 0.2) is 0 Å². The average molecular weight is 339 g/mol. The smallest absolute Gasteiger partial charge is 0.147 e. The van der Waals surface area contributed by atoms with Crippen LogP contribution in [0.25, 0.3) is 20.4 Å². The van der Waals surface area contributed by atoms with Crippen LogP contribution in [0, 0.1) is 0 Å². The number of anilines is 1. The predicted molar refractivity (Wildman–Crippen MR) is 80.6 cm³/mol. The largest absolute Gasteiger partial charge is 0.392 e. The van der Waals surface area contributed by atoms with Gasteiger partial charge in [-0.15, -0.1) is 11.3 Å². The van der Waals surface area contributed by atoms with Gasteiger partial charge in [0.05, 0.1) is 16.3 Å². The summed E-state index contributed by atoms with van der Waals surface area (Å²) in [7, 11) is 0. The van der Waals surface area contributed by atoms with E-state index in [1.165, 1.54) is 6.33 Å². The molecule has 3 heterocycles. The summed E-state index contributed by atoms with van der Waals surface area (Å²) in [6, 6.07) is 2.01. The molecule has 3 rings (SSSR count). The molecule has 3 aromatic rings. The number of pyridine rings is 1. The van der Waals surface area contributed by atoms with E-state index in [0.717, 1.165) is 30.7 Å².